The van der Waals surface area contributed by atoms with Crippen LogP contribution in [0.2, 0.25) is 5.02 Å². The van der Waals surface area contributed by atoms with Crippen LogP contribution in [0, 0.1) is 6.92 Å². The third-order valence-corrected chi connectivity index (χ3v) is 8.76. The predicted molar refractivity (Wildman–Crippen MR) is 185 cm³/mol. The van der Waals surface area contributed by atoms with Gasteiger partial charge in [-0.2, -0.15) is 0 Å². The molecule has 1 atom stereocenters. The van der Waals surface area contributed by atoms with E-state index < -0.39 is 17.1 Å². The van der Waals surface area contributed by atoms with Gasteiger partial charge in [0.2, 0.25) is 5.91 Å². The molecule has 4 aromatic carbocycles. The molecule has 226 valence electrons. The predicted octanol–water partition coefficient (Wildman–Crippen LogP) is 8.30. The van der Waals surface area contributed by atoms with Crippen molar-refractivity contribution in [2.75, 3.05) is 10.6 Å². The molecule has 1 unspecified atom stereocenters. The quantitative estimate of drug-likeness (QED) is 0.104. The lowest BCUT2D eigenvalue weighted by molar-refractivity contribution is -0.115. The molecular weight excluding hydrogens is 624 g/mol. The maximum Gasteiger partial charge on any atom is 0.272 e. The Balaban J connectivity index is 1.25. The van der Waals surface area contributed by atoms with Crippen LogP contribution in [0.25, 0.3) is 17.3 Å². The Labute approximate surface area is 274 Å². The van der Waals surface area contributed by atoms with Gasteiger partial charge in [-0.1, -0.05) is 83.9 Å². The molecule has 0 radical (unpaired) electrons. The summed E-state index contributed by atoms with van der Waals surface area (Å²) in [7, 11) is 0. The maximum absolute atomic E-state index is 13.4. The van der Waals surface area contributed by atoms with Gasteiger partial charge in [0.25, 0.3) is 11.8 Å². The Morgan fingerprint density at radius 1 is 0.889 bits per heavy atom. The maximum atomic E-state index is 13.4. The SMILES string of the molecule is Cc1ccc(/C=C(\NC(=O)c2ccccc2)C(=O)Nc2cccc(SC(C)C(=O)Nc3nc(-c4ccccc4Cl)cs3)c2)cc1. The molecule has 1 heterocycles. The number of amides is 3. The number of nitrogens with zero attached hydrogens (tertiary/aromatic N) is 1. The van der Waals surface area contributed by atoms with E-state index in [-0.39, 0.29) is 11.6 Å². The highest BCUT2D eigenvalue weighted by Crippen LogP contribution is 2.31. The molecule has 3 amide bonds. The summed E-state index contributed by atoms with van der Waals surface area (Å²) in [5.74, 6) is -1.08. The number of hydrogen-bond donors (Lipinski definition) is 3. The number of benzene rings is 4. The number of rotatable bonds is 10. The smallest absolute Gasteiger partial charge is 0.272 e. The summed E-state index contributed by atoms with van der Waals surface area (Å²) in [6.45, 7) is 3.78. The highest BCUT2D eigenvalue weighted by Gasteiger charge is 2.19. The van der Waals surface area contributed by atoms with Crippen LogP contribution in [0.1, 0.15) is 28.4 Å². The van der Waals surface area contributed by atoms with Crippen LogP contribution in [-0.4, -0.2) is 28.0 Å². The fourth-order valence-corrected chi connectivity index (χ4v) is 6.08. The molecule has 0 aliphatic heterocycles. The van der Waals surface area contributed by atoms with E-state index in [1.807, 2.05) is 66.9 Å². The van der Waals surface area contributed by atoms with E-state index in [1.165, 1.54) is 23.1 Å². The van der Waals surface area contributed by atoms with Gasteiger partial charge in [-0.3, -0.25) is 14.4 Å². The normalized spacial score (nSPS) is 11.8. The van der Waals surface area contributed by atoms with Crippen molar-refractivity contribution >= 4 is 69.3 Å². The molecule has 45 heavy (non-hydrogen) atoms. The van der Waals surface area contributed by atoms with Gasteiger partial charge in [0.05, 0.1) is 10.9 Å². The molecule has 0 bridgehead atoms. The van der Waals surface area contributed by atoms with Crippen LogP contribution in [0.3, 0.4) is 0 Å². The van der Waals surface area contributed by atoms with Crippen LogP contribution in [0.4, 0.5) is 10.8 Å². The first-order chi connectivity index (χ1) is 21.7. The van der Waals surface area contributed by atoms with Crippen molar-refractivity contribution in [3.05, 3.63) is 136 Å². The minimum atomic E-state index is -0.481. The Hall–Kier alpha value is -4.70. The second-order valence-electron chi connectivity index (χ2n) is 10.0. The Morgan fingerprint density at radius 3 is 2.38 bits per heavy atom. The average molecular weight is 653 g/mol. The van der Waals surface area contributed by atoms with E-state index in [1.54, 1.807) is 61.5 Å². The van der Waals surface area contributed by atoms with Gasteiger partial charge in [-0.15, -0.1) is 23.1 Å². The number of aryl methyl sites for hydroxylation is 1. The molecule has 5 rings (SSSR count). The number of carbonyl (C=O) groups is 3. The number of carbonyl (C=O) groups excluding carboxylic acids is 3. The third kappa shape index (κ3) is 8.69. The molecule has 1 aromatic heterocycles. The zero-order valence-corrected chi connectivity index (χ0v) is 26.8. The van der Waals surface area contributed by atoms with Crippen LogP contribution in [0.15, 0.2) is 119 Å². The lowest BCUT2D eigenvalue weighted by Crippen LogP contribution is -2.30. The van der Waals surface area contributed by atoms with Gasteiger partial charge in [0, 0.05) is 32.1 Å². The van der Waals surface area contributed by atoms with E-state index in [4.69, 9.17) is 11.6 Å². The highest BCUT2D eigenvalue weighted by molar-refractivity contribution is 8.00. The fraction of sp³-hybridized carbons (Fsp3) is 0.0857. The molecule has 0 aliphatic carbocycles. The molecule has 5 aromatic rings. The lowest BCUT2D eigenvalue weighted by Gasteiger charge is -2.14. The number of thiazole rings is 1. The van der Waals surface area contributed by atoms with Crippen LogP contribution >= 0.6 is 34.7 Å². The van der Waals surface area contributed by atoms with E-state index in [0.29, 0.717) is 27.1 Å². The van der Waals surface area contributed by atoms with Gasteiger partial charge >= 0.3 is 0 Å². The number of aromatic nitrogens is 1. The second kappa shape index (κ2) is 14.9. The van der Waals surface area contributed by atoms with Gasteiger partial charge < -0.3 is 16.0 Å². The number of hydrogen-bond acceptors (Lipinski definition) is 6. The summed E-state index contributed by atoms with van der Waals surface area (Å²) >= 11 is 8.96. The summed E-state index contributed by atoms with van der Waals surface area (Å²) in [5, 5.41) is 11.0. The van der Waals surface area contributed by atoms with Crippen molar-refractivity contribution < 1.29 is 14.4 Å². The van der Waals surface area contributed by atoms with Crippen LogP contribution in [0.5, 0.6) is 0 Å². The molecule has 10 heteroatoms. The summed E-state index contributed by atoms with van der Waals surface area (Å²) in [6, 6.07) is 30.9. The molecule has 0 fully saturated rings. The van der Waals surface area contributed by atoms with Gasteiger partial charge in [0.1, 0.15) is 5.70 Å². The van der Waals surface area contributed by atoms with E-state index in [2.05, 4.69) is 20.9 Å². The van der Waals surface area contributed by atoms with Crippen molar-refractivity contribution in [3.8, 4) is 11.3 Å². The molecule has 3 N–H and O–H groups in total. The first-order valence-corrected chi connectivity index (χ1v) is 16.1. The molecule has 0 saturated carbocycles. The Kier molecular flexibility index (Phi) is 10.5. The van der Waals surface area contributed by atoms with Crippen molar-refractivity contribution in [3.63, 3.8) is 0 Å². The summed E-state index contributed by atoms with van der Waals surface area (Å²) in [6.07, 6.45) is 1.64. The van der Waals surface area contributed by atoms with Crippen LogP contribution < -0.4 is 16.0 Å². The first kappa shape index (κ1) is 31.7. The Morgan fingerprint density at radius 2 is 1.62 bits per heavy atom. The van der Waals surface area contributed by atoms with Gasteiger partial charge in [-0.25, -0.2) is 4.98 Å². The average Bonchev–Trinajstić information content (AvgIpc) is 3.50. The largest absolute Gasteiger partial charge is 0.321 e. The first-order valence-electron chi connectivity index (χ1n) is 14.0. The molecule has 0 spiro atoms. The third-order valence-electron chi connectivity index (χ3n) is 6.58. The standard InChI is InChI=1S/C35H29ClN4O3S2/c1-22-15-17-24(18-16-22)19-30(38-33(42)25-9-4-3-5-10-25)34(43)37-26-11-8-12-27(20-26)45-23(2)32(41)40-35-39-31(21-44-35)28-13-6-7-14-29(28)36/h3-21,23H,1-2H3,(H,37,43)(H,38,42)(H,39,40,41)/b30-19-. The van der Waals surface area contributed by atoms with Crippen LogP contribution in [-0.2, 0) is 9.59 Å². The highest BCUT2D eigenvalue weighted by atomic mass is 35.5. The Bertz CT molecular complexity index is 1860. The van der Waals surface area contributed by atoms with Crippen molar-refractivity contribution in [1.82, 2.24) is 10.3 Å². The number of halogens is 1. The topological polar surface area (TPSA) is 100 Å². The monoisotopic (exact) mass is 652 g/mol. The number of anilines is 2. The molecule has 7 nitrogen and oxygen atoms in total. The van der Waals surface area contributed by atoms with Crippen molar-refractivity contribution in [1.29, 1.82) is 0 Å². The summed E-state index contributed by atoms with van der Waals surface area (Å²) in [5.41, 5.74) is 4.39. The minimum Gasteiger partial charge on any atom is -0.321 e. The zero-order valence-electron chi connectivity index (χ0n) is 24.4. The van der Waals surface area contributed by atoms with Gasteiger partial charge in [0.15, 0.2) is 5.13 Å². The molecule has 0 saturated heterocycles. The van der Waals surface area contributed by atoms with E-state index in [0.717, 1.165) is 21.6 Å². The summed E-state index contributed by atoms with van der Waals surface area (Å²) < 4.78 is 0. The molecule has 0 aliphatic rings. The molecular formula is C35H29ClN4O3S2. The number of thioether (sulfide) groups is 1. The summed E-state index contributed by atoms with van der Waals surface area (Å²) in [4.78, 5) is 44.7. The zero-order chi connectivity index (χ0) is 31.8. The minimum absolute atomic E-state index is 0.0955. The van der Waals surface area contributed by atoms with Crippen molar-refractivity contribution in [2.45, 2.75) is 24.0 Å². The van der Waals surface area contributed by atoms with E-state index in [9.17, 15) is 14.4 Å². The van der Waals surface area contributed by atoms with Gasteiger partial charge in [-0.05, 0) is 61.9 Å². The van der Waals surface area contributed by atoms with Crippen molar-refractivity contribution in [2.24, 2.45) is 0 Å². The van der Waals surface area contributed by atoms with E-state index >= 15 is 0 Å². The fourth-order valence-electron chi connectivity index (χ4n) is 4.21. The lowest BCUT2D eigenvalue weighted by atomic mass is 10.1. The second-order valence-corrected chi connectivity index (χ2v) is 12.7. The number of nitrogens with one attached hydrogen (secondary N) is 3.